The maximum Gasteiger partial charge on any atom is 0.251 e. The van der Waals surface area contributed by atoms with E-state index in [4.69, 9.17) is 4.74 Å². The number of sulfonamides is 1. The summed E-state index contributed by atoms with van der Waals surface area (Å²) in [6.07, 6.45) is 5.21. The summed E-state index contributed by atoms with van der Waals surface area (Å²) in [6, 6.07) is 4.34. The zero-order valence-electron chi connectivity index (χ0n) is 18.1. The fourth-order valence-electron chi connectivity index (χ4n) is 3.70. The second-order valence-corrected chi connectivity index (χ2v) is 9.24. The van der Waals surface area contributed by atoms with Gasteiger partial charge in [-0.3, -0.25) is 9.59 Å². The molecular weight excluding hydrogens is 406 g/mol. The number of hydrogen-bond acceptors (Lipinski definition) is 5. The molecule has 8 nitrogen and oxygen atoms in total. The minimum atomic E-state index is -3.78. The Morgan fingerprint density at radius 3 is 2.30 bits per heavy atom. The first-order chi connectivity index (χ1) is 14.3. The van der Waals surface area contributed by atoms with Gasteiger partial charge in [0.15, 0.2) is 0 Å². The molecule has 2 rings (SSSR count). The average molecular weight is 440 g/mol. The molecule has 0 atom stereocenters. The highest BCUT2D eigenvalue weighted by atomic mass is 32.2. The number of nitrogens with one attached hydrogen (secondary N) is 2. The van der Waals surface area contributed by atoms with Crippen molar-refractivity contribution in [3.63, 3.8) is 0 Å². The lowest BCUT2D eigenvalue weighted by atomic mass is 9.89. The summed E-state index contributed by atoms with van der Waals surface area (Å²) in [5.74, 6) is -0.0939. The molecule has 1 fully saturated rings. The van der Waals surface area contributed by atoms with E-state index in [0.29, 0.717) is 19.6 Å². The van der Waals surface area contributed by atoms with E-state index in [0.717, 1.165) is 25.7 Å². The highest BCUT2D eigenvalue weighted by Gasteiger charge is 2.27. The lowest BCUT2D eigenvalue weighted by Crippen LogP contribution is -2.38. The van der Waals surface area contributed by atoms with Gasteiger partial charge in [0.2, 0.25) is 15.9 Å². The highest BCUT2D eigenvalue weighted by molar-refractivity contribution is 7.89. The van der Waals surface area contributed by atoms with Crippen LogP contribution in [0.15, 0.2) is 23.1 Å². The molecular formula is C21H33N3O5S. The summed E-state index contributed by atoms with van der Waals surface area (Å²) in [7, 11) is -2.38. The van der Waals surface area contributed by atoms with Gasteiger partial charge in [0.05, 0.1) is 7.11 Å². The van der Waals surface area contributed by atoms with Gasteiger partial charge in [0.25, 0.3) is 5.91 Å². The third-order valence-electron chi connectivity index (χ3n) is 5.43. The standard InChI is InChI=1S/C21H33N3O5S/c1-4-24(5-2)30(27,28)19-15-17(11-12-18(19)29-3)21(26)23-14-13-22-20(25)16-9-7-6-8-10-16/h11-12,15-16H,4-10,13-14H2,1-3H3,(H,22,25)(H,23,26). The van der Waals surface area contributed by atoms with Crippen LogP contribution < -0.4 is 15.4 Å². The molecule has 0 radical (unpaired) electrons. The van der Waals surface area contributed by atoms with Gasteiger partial charge in [0, 0.05) is 37.7 Å². The molecule has 0 bridgehead atoms. The Morgan fingerprint density at radius 1 is 1.07 bits per heavy atom. The van der Waals surface area contributed by atoms with Gasteiger partial charge in [-0.1, -0.05) is 33.1 Å². The van der Waals surface area contributed by atoms with Crippen molar-refractivity contribution in [3.05, 3.63) is 23.8 Å². The van der Waals surface area contributed by atoms with E-state index in [2.05, 4.69) is 10.6 Å². The molecule has 0 spiro atoms. The molecule has 0 aliphatic heterocycles. The summed E-state index contributed by atoms with van der Waals surface area (Å²) in [5.41, 5.74) is 0.222. The predicted octanol–water partition coefficient (Wildman–Crippen LogP) is 2.15. The number of nitrogens with zero attached hydrogens (tertiary/aromatic N) is 1. The Labute approximate surface area is 179 Å². The summed E-state index contributed by atoms with van der Waals surface area (Å²) >= 11 is 0. The largest absolute Gasteiger partial charge is 0.495 e. The zero-order valence-corrected chi connectivity index (χ0v) is 18.9. The number of methoxy groups -OCH3 is 1. The quantitative estimate of drug-likeness (QED) is 0.544. The van der Waals surface area contributed by atoms with E-state index in [9.17, 15) is 18.0 Å². The van der Waals surface area contributed by atoms with E-state index in [-0.39, 0.29) is 34.6 Å². The number of hydrogen-bond donors (Lipinski definition) is 2. The van der Waals surface area contributed by atoms with E-state index in [1.54, 1.807) is 13.8 Å². The Bertz CT molecular complexity index is 831. The van der Waals surface area contributed by atoms with Crippen molar-refractivity contribution >= 4 is 21.8 Å². The second kappa shape index (κ2) is 11.3. The van der Waals surface area contributed by atoms with Crippen LogP contribution in [-0.4, -0.2) is 57.8 Å². The van der Waals surface area contributed by atoms with Crippen LogP contribution in [0.2, 0.25) is 0 Å². The second-order valence-electron chi connectivity index (χ2n) is 7.34. The van der Waals surface area contributed by atoms with Crippen molar-refractivity contribution in [2.75, 3.05) is 33.3 Å². The van der Waals surface area contributed by atoms with Crippen molar-refractivity contribution < 1.29 is 22.7 Å². The van der Waals surface area contributed by atoms with Crippen LogP contribution in [0.1, 0.15) is 56.3 Å². The van der Waals surface area contributed by atoms with E-state index >= 15 is 0 Å². The smallest absolute Gasteiger partial charge is 0.251 e. The molecule has 0 heterocycles. The lowest BCUT2D eigenvalue weighted by molar-refractivity contribution is -0.125. The van der Waals surface area contributed by atoms with Crippen LogP contribution in [0, 0.1) is 5.92 Å². The Morgan fingerprint density at radius 2 is 1.70 bits per heavy atom. The molecule has 2 amide bonds. The Kier molecular flexibility index (Phi) is 9.10. The number of ether oxygens (including phenoxy) is 1. The SMILES string of the molecule is CCN(CC)S(=O)(=O)c1cc(C(=O)NCCNC(=O)C2CCCCC2)ccc1OC. The Balaban J connectivity index is 1.99. The number of amides is 2. The van der Waals surface area contributed by atoms with Crippen molar-refractivity contribution in [3.8, 4) is 5.75 Å². The predicted molar refractivity (Wildman–Crippen MR) is 115 cm³/mol. The summed E-state index contributed by atoms with van der Waals surface area (Å²) in [4.78, 5) is 24.6. The fraction of sp³-hybridized carbons (Fsp3) is 0.619. The Hall–Kier alpha value is -2.13. The maximum atomic E-state index is 12.9. The molecule has 2 N–H and O–H groups in total. The first-order valence-electron chi connectivity index (χ1n) is 10.6. The van der Waals surface area contributed by atoms with Crippen LogP contribution in [0.5, 0.6) is 5.75 Å². The van der Waals surface area contributed by atoms with Crippen LogP contribution in [0.25, 0.3) is 0 Å². The van der Waals surface area contributed by atoms with E-state index in [1.807, 2.05) is 0 Å². The average Bonchev–Trinajstić information content (AvgIpc) is 2.77. The zero-order chi connectivity index (χ0) is 22.1. The number of carbonyl (C=O) groups is 2. The van der Waals surface area contributed by atoms with Gasteiger partial charge < -0.3 is 15.4 Å². The minimum absolute atomic E-state index is 0.0352. The molecule has 9 heteroatoms. The van der Waals surface area contributed by atoms with E-state index in [1.165, 1.54) is 36.0 Å². The minimum Gasteiger partial charge on any atom is -0.495 e. The molecule has 0 aromatic heterocycles. The van der Waals surface area contributed by atoms with Gasteiger partial charge in [-0.15, -0.1) is 0 Å². The number of benzene rings is 1. The molecule has 30 heavy (non-hydrogen) atoms. The topological polar surface area (TPSA) is 105 Å². The van der Waals surface area contributed by atoms with Gasteiger partial charge in [-0.2, -0.15) is 4.31 Å². The lowest BCUT2D eigenvalue weighted by Gasteiger charge is -2.21. The van der Waals surface area contributed by atoms with Crippen LogP contribution in [0.3, 0.4) is 0 Å². The summed E-state index contributed by atoms with van der Waals surface area (Å²) < 4.78 is 32.3. The van der Waals surface area contributed by atoms with Crippen molar-refractivity contribution in [2.45, 2.75) is 50.8 Å². The van der Waals surface area contributed by atoms with Crippen LogP contribution >= 0.6 is 0 Å². The van der Waals surface area contributed by atoms with E-state index < -0.39 is 15.9 Å². The van der Waals surface area contributed by atoms with Crippen molar-refractivity contribution in [1.29, 1.82) is 0 Å². The van der Waals surface area contributed by atoms with Gasteiger partial charge >= 0.3 is 0 Å². The molecule has 0 unspecified atom stereocenters. The monoisotopic (exact) mass is 439 g/mol. The molecule has 1 saturated carbocycles. The van der Waals surface area contributed by atoms with Crippen molar-refractivity contribution in [1.82, 2.24) is 14.9 Å². The summed E-state index contributed by atoms with van der Waals surface area (Å²) in [6.45, 7) is 4.75. The molecule has 1 aromatic carbocycles. The molecule has 1 aliphatic carbocycles. The molecule has 1 aliphatic rings. The molecule has 1 aromatic rings. The van der Waals surface area contributed by atoms with Gasteiger partial charge in [-0.05, 0) is 31.0 Å². The highest BCUT2D eigenvalue weighted by Crippen LogP contribution is 2.28. The first-order valence-corrected chi connectivity index (χ1v) is 12.0. The fourth-order valence-corrected chi connectivity index (χ4v) is 5.33. The molecule has 0 saturated heterocycles. The third-order valence-corrected chi connectivity index (χ3v) is 7.51. The normalized spacial score (nSPS) is 15.1. The van der Waals surface area contributed by atoms with Crippen LogP contribution in [0.4, 0.5) is 0 Å². The first kappa shape index (κ1) is 24.1. The molecule has 168 valence electrons. The third kappa shape index (κ3) is 5.95. The number of rotatable bonds is 10. The number of carbonyl (C=O) groups excluding carboxylic acids is 2. The van der Waals surface area contributed by atoms with Crippen molar-refractivity contribution in [2.24, 2.45) is 5.92 Å². The summed E-state index contributed by atoms with van der Waals surface area (Å²) in [5, 5.41) is 5.59. The maximum absolute atomic E-state index is 12.9. The van der Waals surface area contributed by atoms with Gasteiger partial charge in [-0.25, -0.2) is 8.42 Å². The van der Waals surface area contributed by atoms with Gasteiger partial charge in [0.1, 0.15) is 10.6 Å². The van der Waals surface area contributed by atoms with Crippen LogP contribution in [-0.2, 0) is 14.8 Å².